The first kappa shape index (κ1) is 69.5. The third-order valence-corrected chi connectivity index (χ3v) is 18.9. The zero-order chi connectivity index (χ0) is 64.6. The predicted octanol–water partition coefficient (Wildman–Crippen LogP) is 4.18. The number of imide groups is 1. The van der Waals surface area contributed by atoms with E-state index < -0.39 is 105 Å². The molecule has 0 aliphatic carbocycles. The van der Waals surface area contributed by atoms with E-state index in [1.807, 2.05) is 4.58 Å². The van der Waals surface area contributed by atoms with E-state index in [1.54, 1.807) is 68.2 Å². The molecule has 0 saturated carbocycles. The first-order valence-electron chi connectivity index (χ1n) is 27.2. The molecule has 88 heavy (non-hydrogen) atoms. The summed E-state index contributed by atoms with van der Waals surface area (Å²) in [6.07, 6.45) is 7.95. The number of nitrogens with zero attached hydrogens (tertiary/aromatic N) is 3. The summed E-state index contributed by atoms with van der Waals surface area (Å²) in [4.78, 5) is 38.2. The van der Waals surface area contributed by atoms with Crippen molar-refractivity contribution in [2.24, 2.45) is 0 Å². The van der Waals surface area contributed by atoms with Crippen LogP contribution in [0, 0.1) is 0 Å². The van der Waals surface area contributed by atoms with E-state index in [-0.39, 0.29) is 139 Å². The van der Waals surface area contributed by atoms with Gasteiger partial charge in [-0.3, -0.25) is 27.8 Å². The van der Waals surface area contributed by atoms with Crippen LogP contribution in [0.15, 0.2) is 104 Å². The summed E-state index contributed by atoms with van der Waals surface area (Å²) in [5, 5.41) is 0.291. The quantitative estimate of drug-likeness (QED) is 0.0171. The van der Waals surface area contributed by atoms with Crippen LogP contribution >= 0.6 is 0 Å². The lowest BCUT2D eigenvalue weighted by molar-refractivity contribution is -0.442. The maximum atomic E-state index is 12.8. The van der Waals surface area contributed by atoms with Crippen LogP contribution in [0.4, 0.5) is 11.4 Å². The van der Waals surface area contributed by atoms with Crippen LogP contribution in [-0.2, 0) is 109 Å². The van der Waals surface area contributed by atoms with Crippen molar-refractivity contribution in [1.82, 2.24) is 5.06 Å². The van der Waals surface area contributed by atoms with Crippen LogP contribution in [0.2, 0.25) is 0 Å². The second kappa shape index (κ2) is 28.5. The zero-order valence-electron chi connectivity index (χ0n) is 48.2. The molecule has 1 atom stereocenters. The summed E-state index contributed by atoms with van der Waals surface area (Å²) in [7, 11) is -23.6. The van der Waals surface area contributed by atoms with Gasteiger partial charge in [-0.2, -0.15) is 38.2 Å². The van der Waals surface area contributed by atoms with Gasteiger partial charge in [0, 0.05) is 71.8 Å². The second-order valence-electron chi connectivity index (χ2n) is 21.0. The van der Waals surface area contributed by atoms with Gasteiger partial charge < -0.3 is 42.7 Å². The Morgan fingerprint density at radius 1 is 0.636 bits per heavy atom. The minimum absolute atomic E-state index is 0.00524. The fraction of sp³-hybridized carbons (Fsp3) is 0.455. The summed E-state index contributed by atoms with van der Waals surface area (Å²) in [6, 6.07) is 9.20. The molecule has 3 aliphatic heterocycles. The number of fused-ring (bicyclic) bond motifs is 6. The lowest BCUT2D eigenvalue weighted by Crippen LogP contribution is -2.32. The van der Waals surface area contributed by atoms with E-state index >= 15 is 0 Å². The van der Waals surface area contributed by atoms with Gasteiger partial charge in [0.05, 0.1) is 98.3 Å². The molecule has 4 N–H and O–H groups in total. The number of methoxy groups -OCH3 is 1. The van der Waals surface area contributed by atoms with Crippen molar-refractivity contribution in [2.75, 3.05) is 104 Å². The SMILES string of the molecule is COCCN1C(=CC=CC=CC2=[N+](CCOCCOCCOCCOCCOCCC(=O)ON3C(=O)CCC3=O)c3ccc4c(S(=O)(=O)[O-])cc(S(=O)(=O)O)cc4c3C2(C)C)C(C)(CCCS(=O)(=O)O)c2c1ccc1c(S(=O)(=O)O)cc(S(=O)(=O)O)cc21. The maximum absolute atomic E-state index is 12.8. The van der Waals surface area contributed by atoms with Gasteiger partial charge in [0.1, 0.15) is 21.6 Å². The Morgan fingerprint density at radius 3 is 1.69 bits per heavy atom. The number of benzene rings is 4. The fourth-order valence-electron chi connectivity index (χ4n) is 10.8. The molecule has 0 radical (unpaired) electrons. The highest BCUT2D eigenvalue weighted by molar-refractivity contribution is 7.87. The van der Waals surface area contributed by atoms with Crippen molar-refractivity contribution in [3.05, 3.63) is 95.7 Å². The molecule has 4 aromatic rings. The Morgan fingerprint density at radius 2 is 1.16 bits per heavy atom. The highest BCUT2D eigenvalue weighted by Crippen LogP contribution is 2.54. The molecular weight excluding hydrogens is 1260 g/mol. The van der Waals surface area contributed by atoms with Crippen LogP contribution in [0.5, 0.6) is 0 Å². The van der Waals surface area contributed by atoms with Crippen LogP contribution < -0.4 is 4.90 Å². The average molecular weight is 1330 g/mol. The lowest BCUT2D eigenvalue weighted by atomic mass is 9.75. The molecule has 482 valence electrons. The van der Waals surface area contributed by atoms with Gasteiger partial charge >= 0.3 is 5.97 Å². The number of carbonyl (C=O) groups excluding carboxylic acids is 3. The van der Waals surface area contributed by atoms with Gasteiger partial charge in [-0.1, -0.05) is 24.3 Å². The van der Waals surface area contributed by atoms with E-state index in [1.165, 1.54) is 19.2 Å². The van der Waals surface area contributed by atoms with Crippen LogP contribution in [0.3, 0.4) is 0 Å². The average Bonchev–Trinajstić information content (AvgIpc) is 1.77. The Balaban J connectivity index is 1.09. The molecule has 1 saturated heterocycles. The van der Waals surface area contributed by atoms with Crippen LogP contribution in [0.1, 0.15) is 64.0 Å². The van der Waals surface area contributed by atoms with Crippen molar-refractivity contribution >= 4 is 107 Å². The number of amides is 2. The summed E-state index contributed by atoms with van der Waals surface area (Å²) >= 11 is 0. The normalized spacial score (nSPS) is 17.9. The highest BCUT2D eigenvalue weighted by atomic mass is 32.2. The first-order valence-corrected chi connectivity index (χ1v) is 34.5. The Kier molecular flexibility index (Phi) is 22.5. The van der Waals surface area contributed by atoms with Gasteiger partial charge in [-0.05, 0) is 92.4 Å². The van der Waals surface area contributed by atoms with Crippen LogP contribution in [0.25, 0.3) is 21.5 Å². The van der Waals surface area contributed by atoms with E-state index in [0.717, 1.165) is 12.1 Å². The number of anilines is 1. The van der Waals surface area contributed by atoms with E-state index in [0.29, 0.717) is 51.1 Å². The minimum Gasteiger partial charge on any atom is -0.744 e. The predicted molar refractivity (Wildman–Crippen MR) is 313 cm³/mol. The molecular formula is C55H67N3O25S5. The molecule has 2 amide bonds. The molecule has 4 aromatic carbocycles. The third-order valence-electron chi connectivity index (χ3n) is 14.7. The van der Waals surface area contributed by atoms with Gasteiger partial charge in [-0.15, -0.1) is 5.06 Å². The summed E-state index contributed by atoms with van der Waals surface area (Å²) in [6.45, 7) is 7.39. The van der Waals surface area contributed by atoms with Crippen LogP contribution in [-0.4, -0.2) is 197 Å². The van der Waals surface area contributed by atoms with Crippen molar-refractivity contribution in [3.8, 4) is 0 Å². The molecule has 3 heterocycles. The second-order valence-corrected chi connectivity index (χ2v) is 28.2. The molecule has 1 fully saturated rings. The largest absolute Gasteiger partial charge is 0.744 e. The van der Waals surface area contributed by atoms with Crippen molar-refractivity contribution in [1.29, 1.82) is 0 Å². The number of carbonyl (C=O) groups is 3. The topological polar surface area (TPSA) is 400 Å². The van der Waals surface area contributed by atoms with E-state index in [4.69, 9.17) is 33.3 Å². The number of hydrogen-bond donors (Lipinski definition) is 4. The zero-order valence-corrected chi connectivity index (χ0v) is 52.3. The number of hydroxylamine groups is 2. The third kappa shape index (κ3) is 16.7. The first-order chi connectivity index (χ1) is 41.2. The molecule has 33 heteroatoms. The number of ether oxygens (including phenoxy) is 6. The Labute approximate surface area is 509 Å². The van der Waals surface area contributed by atoms with Gasteiger partial charge in [-0.25, -0.2) is 13.2 Å². The highest BCUT2D eigenvalue weighted by Gasteiger charge is 2.47. The molecule has 3 aliphatic rings. The summed E-state index contributed by atoms with van der Waals surface area (Å²) in [5.41, 5.74) is 0.230. The monoisotopic (exact) mass is 1330 g/mol. The number of hydrogen-bond acceptors (Lipinski definition) is 22. The Bertz CT molecular complexity index is 4050. The van der Waals surface area contributed by atoms with Gasteiger partial charge in [0.15, 0.2) is 12.3 Å². The van der Waals surface area contributed by atoms with Gasteiger partial charge in [0.2, 0.25) is 5.69 Å². The standard InChI is InChI=1S/C55H67N3O25S5/c1-54(2)47(9-6-5-7-10-48-55(3,18-8-32-84(62,63)64)53-42-34-38(86(68,69)70)36-46(88(74,75)76)40(42)12-14-44(53)57(48)19-22-77-4)56(43-13-11-39-41(52(43)54)33-37(85(65,66)67)35-45(39)87(71,72)73)20-23-79-25-27-81-29-31-82-30-28-80-26-24-78-21-17-51(61)83-58-49(59)15-16-50(58)60/h5-7,9-14,33-36H,8,15-32H2,1-4H3,(H4-,62,63,64,65,66,67,68,69,70,71,72,73,74,75,76). The lowest BCUT2D eigenvalue weighted by Gasteiger charge is -2.30. The molecule has 28 nitrogen and oxygen atoms in total. The molecule has 1 unspecified atom stereocenters. The fourth-order valence-corrected chi connectivity index (χ4v) is 14.0. The summed E-state index contributed by atoms with van der Waals surface area (Å²) in [5.74, 6) is -2.61. The number of allylic oxidation sites excluding steroid dienone is 6. The van der Waals surface area contributed by atoms with Crippen molar-refractivity contribution in [2.45, 2.75) is 83.3 Å². The Hall–Kier alpha value is -5.99. The minimum atomic E-state index is -5.31. The van der Waals surface area contributed by atoms with Gasteiger partial charge in [0.25, 0.3) is 52.3 Å². The maximum Gasteiger partial charge on any atom is 0.335 e. The molecule has 0 aromatic heterocycles. The molecule has 0 bridgehead atoms. The molecule has 7 rings (SSSR count). The summed E-state index contributed by atoms with van der Waals surface area (Å²) < 4.78 is 213. The van der Waals surface area contributed by atoms with E-state index in [9.17, 15) is 79.2 Å². The van der Waals surface area contributed by atoms with Crippen molar-refractivity contribution < 1.29 is 117 Å². The van der Waals surface area contributed by atoms with E-state index in [2.05, 4.69) is 0 Å². The number of rotatable bonds is 33. The molecule has 0 spiro atoms. The van der Waals surface area contributed by atoms with Crippen molar-refractivity contribution in [3.63, 3.8) is 0 Å². The smallest absolute Gasteiger partial charge is 0.335 e.